The molecule has 128 valence electrons. The maximum atomic E-state index is 12.6. The molecule has 1 aromatic heterocycles. The predicted molar refractivity (Wildman–Crippen MR) is 91.5 cm³/mol. The van der Waals surface area contributed by atoms with Gasteiger partial charge in [0.15, 0.2) is 0 Å². The van der Waals surface area contributed by atoms with Crippen molar-refractivity contribution in [1.82, 2.24) is 14.6 Å². The second kappa shape index (κ2) is 6.37. The Labute approximate surface area is 139 Å². The molecular formula is C16H19N3O4S. The first-order chi connectivity index (χ1) is 11.3. The Morgan fingerprint density at radius 2 is 2.08 bits per heavy atom. The molecule has 8 heteroatoms. The van der Waals surface area contributed by atoms with Crippen molar-refractivity contribution >= 4 is 26.8 Å². The van der Waals surface area contributed by atoms with Gasteiger partial charge >= 0.3 is 0 Å². The molecular weight excluding hydrogens is 330 g/mol. The van der Waals surface area contributed by atoms with Crippen LogP contribution in [0.3, 0.4) is 0 Å². The van der Waals surface area contributed by atoms with Crippen molar-refractivity contribution in [3.8, 4) is 0 Å². The van der Waals surface area contributed by atoms with Gasteiger partial charge in [-0.2, -0.15) is 0 Å². The highest BCUT2D eigenvalue weighted by molar-refractivity contribution is 7.88. The number of hydrogen-bond acceptors (Lipinski definition) is 4. The summed E-state index contributed by atoms with van der Waals surface area (Å²) in [6.45, 7) is 0.727. The van der Waals surface area contributed by atoms with Crippen molar-refractivity contribution < 1.29 is 13.2 Å². The van der Waals surface area contributed by atoms with Gasteiger partial charge in [0.25, 0.3) is 5.91 Å². The van der Waals surface area contributed by atoms with E-state index in [0.717, 1.165) is 0 Å². The smallest absolute Gasteiger partial charge is 0.252 e. The molecule has 1 fully saturated rings. The number of fused-ring (bicyclic) bond motifs is 1. The molecule has 0 radical (unpaired) electrons. The minimum absolute atomic E-state index is 0.256. The zero-order chi connectivity index (χ0) is 17.3. The van der Waals surface area contributed by atoms with E-state index in [4.69, 9.17) is 0 Å². The number of carbonyl (C=O) groups is 1. The van der Waals surface area contributed by atoms with E-state index in [0.29, 0.717) is 35.9 Å². The van der Waals surface area contributed by atoms with E-state index in [1.165, 1.54) is 16.6 Å². The Balaban J connectivity index is 1.84. The fourth-order valence-corrected chi connectivity index (χ4v) is 3.93. The van der Waals surface area contributed by atoms with Gasteiger partial charge in [0.1, 0.15) is 0 Å². The maximum absolute atomic E-state index is 12.6. The number of benzene rings is 1. The number of pyridine rings is 1. The summed E-state index contributed by atoms with van der Waals surface area (Å²) in [7, 11) is -3.27. The number of carbonyl (C=O) groups excluding carboxylic acids is 1. The van der Waals surface area contributed by atoms with Gasteiger partial charge in [0.2, 0.25) is 15.6 Å². The number of amides is 1. The standard InChI is InChI=1S/C16H19N3O4S/c1-24(22,23)19-8-4-5-11(10-19)17-16(21)13-9-15(20)18-14-7-3-2-6-12(13)14/h2-3,6-7,9,11H,4-5,8,10H2,1H3,(H,17,21)(H,18,20). The molecule has 0 aliphatic carbocycles. The molecule has 0 spiro atoms. The highest BCUT2D eigenvalue weighted by atomic mass is 32.2. The van der Waals surface area contributed by atoms with Crippen molar-refractivity contribution in [2.24, 2.45) is 0 Å². The van der Waals surface area contributed by atoms with Crippen molar-refractivity contribution in [2.45, 2.75) is 18.9 Å². The van der Waals surface area contributed by atoms with E-state index in [1.54, 1.807) is 24.3 Å². The summed E-state index contributed by atoms with van der Waals surface area (Å²) in [6, 6.07) is 8.09. The summed E-state index contributed by atoms with van der Waals surface area (Å²) in [5.74, 6) is -0.363. The second-order valence-corrected chi connectivity index (χ2v) is 8.01. The van der Waals surface area contributed by atoms with E-state index >= 15 is 0 Å². The lowest BCUT2D eigenvalue weighted by Crippen LogP contribution is -2.49. The van der Waals surface area contributed by atoms with Gasteiger partial charge in [0.05, 0.1) is 11.8 Å². The van der Waals surface area contributed by atoms with E-state index in [2.05, 4.69) is 10.3 Å². The number of nitrogens with one attached hydrogen (secondary N) is 2. The second-order valence-electron chi connectivity index (χ2n) is 6.03. The van der Waals surface area contributed by atoms with Gasteiger partial charge < -0.3 is 10.3 Å². The lowest BCUT2D eigenvalue weighted by Gasteiger charge is -2.31. The molecule has 0 bridgehead atoms. The first-order valence-electron chi connectivity index (χ1n) is 7.72. The maximum Gasteiger partial charge on any atom is 0.252 e. The molecule has 1 saturated heterocycles. The topological polar surface area (TPSA) is 99.3 Å². The number of nitrogens with zero attached hydrogens (tertiary/aromatic N) is 1. The van der Waals surface area contributed by atoms with Crippen LogP contribution in [0.4, 0.5) is 0 Å². The number of H-pyrrole nitrogens is 1. The monoisotopic (exact) mass is 349 g/mol. The number of aromatic amines is 1. The Morgan fingerprint density at radius 1 is 1.33 bits per heavy atom. The average Bonchev–Trinajstić information content (AvgIpc) is 2.53. The zero-order valence-electron chi connectivity index (χ0n) is 13.3. The van der Waals surface area contributed by atoms with Gasteiger partial charge in [-0.1, -0.05) is 18.2 Å². The largest absolute Gasteiger partial charge is 0.348 e. The Morgan fingerprint density at radius 3 is 2.83 bits per heavy atom. The first kappa shape index (κ1) is 16.7. The van der Waals surface area contributed by atoms with Crippen LogP contribution >= 0.6 is 0 Å². The van der Waals surface area contributed by atoms with Crippen LogP contribution < -0.4 is 10.9 Å². The molecule has 2 aromatic rings. The zero-order valence-corrected chi connectivity index (χ0v) is 14.1. The van der Waals surface area contributed by atoms with Gasteiger partial charge in [-0.05, 0) is 18.9 Å². The van der Waals surface area contributed by atoms with Crippen molar-refractivity contribution in [1.29, 1.82) is 0 Å². The molecule has 1 atom stereocenters. The van der Waals surface area contributed by atoms with Gasteiger partial charge in [0, 0.05) is 36.1 Å². The molecule has 0 saturated carbocycles. The fourth-order valence-electron chi connectivity index (χ4n) is 3.02. The van der Waals surface area contributed by atoms with Crippen LogP contribution in [0.5, 0.6) is 0 Å². The van der Waals surface area contributed by atoms with Crippen LogP contribution in [0.25, 0.3) is 10.9 Å². The Kier molecular flexibility index (Phi) is 4.42. The number of rotatable bonds is 3. The lowest BCUT2D eigenvalue weighted by atomic mass is 10.1. The average molecular weight is 349 g/mol. The van der Waals surface area contributed by atoms with Crippen LogP contribution in [0.15, 0.2) is 35.1 Å². The highest BCUT2D eigenvalue weighted by Crippen LogP contribution is 2.17. The molecule has 2 heterocycles. The van der Waals surface area contributed by atoms with Crippen LogP contribution in [0.2, 0.25) is 0 Å². The van der Waals surface area contributed by atoms with Crippen LogP contribution in [-0.4, -0.2) is 49.0 Å². The van der Waals surface area contributed by atoms with Gasteiger partial charge in [-0.15, -0.1) is 0 Å². The van der Waals surface area contributed by atoms with E-state index in [-0.39, 0.29) is 24.1 Å². The SMILES string of the molecule is CS(=O)(=O)N1CCCC(NC(=O)c2cc(=O)[nH]c3ccccc23)C1. The molecule has 7 nitrogen and oxygen atoms in total. The molecule has 1 aliphatic heterocycles. The first-order valence-corrected chi connectivity index (χ1v) is 9.57. The quantitative estimate of drug-likeness (QED) is 0.851. The third kappa shape index (κ3) is 3.49. The molecule has 1 aliphatic rings. The minimum atomic E-state index is -3.27. The van der Waals surface area contributed by atoms with Crippen molar-refractivity contribution in [3.63, 3.8) is 0 Å². The Hall–Kier alpha value is -2.19. The van der Waals surface area contributed by atoms with E-state index in [9.17, 15) is 18.0 Å². The normalized spacial score (nSPS) is 19.3. The third-order valence-electron chi connectivity index (χ3n) is 4.18. The number of aromatic nitrogens is 1. The van der Waals surface area contributed by atoms with E-state index < -0.39 is 10.0 Å². The van der Waals surface area contributed by atoms with Crippen LogP contribution in [-0.2, 0) is 10.0 Å². The van der Waals surface area contributed by atoms with Crippen LogP contribution in [0, 0.1) is 0 Å². The van der Waals surface area contributed by atoms with Crippen LogP contribution in [0.1, 0.15) is 23.2 Å². The van der Waals surface area contributed by atoms with Gasteiger partial charge in [-0.25, -0.2) is 12.7 Å². The molecule has 24 heavy (non-hydrogen) atoms. The van der Waals surface area contributed by atoms with Gasteiger partial charge in [-0.3, -0.25) is 9.59 Å². The number of sulfonamides is 1. The number of para-hydroxylation sites is 1. The van der Waals surface area contributed by atoms with E-state index in [1.807, 2.05) is 0 Å². The Bertz CT molecular complexity index is 936. The molecule has 1 amide bonds. The third-order valence-corrected chi connectivity index (χ3v) is 5.45. The number of piperidine rings is 1. The summed E-state index contributed by atoms with van der Waals surface area (Å²) < 4.78 is 24.7. The molecule has 1 aromatic carbocycles. The predicted octanol–water partition coefficient (Wildman–Crippen LogP) is 0.682. The highest BCUT2D eigenvalue weighted by Gasteiger charge is 2.27. The number of hydrogen-bond donors (Lipinski definition) is 2. The fraction of sp³-hybridized carbons (Fsp3) is 0.375. The summed E-state index contributed by atoms with van der Waals surface area (Å²) >= 11 is 0. The van der Waals surface area contributed by atoms with Crippen molar-refractivity contribution in [3.05, 3.63) is 46.2 Å². The summed E-state index contributed by atoms with van der Waals surface area (Å²) in [6.07, 6.45) is 2.56. The minimum Gasteiger partial charge on any atom is -0.348 e. The molecule has 1 unspecified atom stereocenters. The summed E-state index contributed by atoms with van der Waals surface area (Å²) in [4.78, 5) is 27.1. The lowest BCUT2D eigenvalue weighted by molar-refractivity contribution is 0.0923. The molecule has 2 N–H and O–H groups in total. The molecule has 3 rings (SSSR count). The van der Waals surface area contributed by atoms with Crippen molar-refractivity contribution in [2.75, 3.05) is 19.3 Å². The summed E-state index contributed by atoms with van der Waals surface area (Å²) in [5, 5.41) is 3.52. The summed E-state index contributed by atoms with van der Waals surface area (Å²) in [5.41, 5.74) is 0.544.